The van der Waals surface area contributed by atoms with Crippen molar-refractivity contribution in [1.82, 2.24) is 9.80 Å². The average Bonchev–Trinajstić information content (AvgIpc) is 3.36. The zero-order valence-corrected chi connectivity index (χ0v) is 22.7. The van der Waals surface area contributed by atoms with Crippen molar-refractivity contribution < 1.29 is 59.7 Å². The standard InChI is InChI=1S/C28H26F6N2O7/c1-35-24(39)43-25(28(35)41-22(37)23(38)42-28)9-12-36(13-10-25)11-4-14-40-21(17-5-2-7-19(15-17)26(29,30)31)18-6-3-8-20(16-18)27(32,33)34/h2-3,5-8,15-16,21H,4,9-14H2,1H3. The van der Waals surface area contributed by atoms with E-state index in [1.165, 1.54) is 31.3 Å². The number of benzene rings is 2. The fourth-order valence-corrected chi connectivity index (χ4v) is 5.59. The molecule has 2 aromatic rings. The molecule has 43 heavy (non-hydrogen) atoms. The molecule has 2 aromatic carbocycles. The van der Waals surface area contributed by atoms with Gasteiger partial charge in [0.1, 0.15) is 6.10 Å². The molecule has 0 aromatic heterocycles. The second-order valence-electron chi connectivity index (χ2n) is 10.5. The van der Waals surface area contributed by atoms with Gasteiger partial charge in [-0.15, -0.1) is 0 Å². The number of esters is 2. The third-order valence-corrected chi connectivity index (χ3v) is 7.80. The number of ether oxygens (including phenoxy) is 4. The van der Waals surface area contributed by atoms with Crippen LogP contribution in [0.15, 0.2) is 48.5 Å². The highest BCUT2D eigenvalue weighted by Gasteiger charge is 2.74. The Bertz CT molecular complexity index is 1330. The maximum absolute atomic E-state index is 13.4. The van der Waals surface area contributed by atoms with Crippen molar-refractivity contribution >= 4 is 18.0 Å². The molecule has 232 valence electrons. The van der Waals surface area contributed by atoms with E-state index in [9.17, 15) is 40.7 Å². The van der Waals surface area contributed by atoms with Crippen LogP contribution in [0.1, 0.15) is 47.6 Å². The number of amides is 1. The van der Waals surface area contributed by atoms with Gasteiger partial charge in [-0.05, 0) is 41.8 Å². The number of hydrogen-bond donors (Lipinski definition) is 0. The second kappa shape index (κ2) is 11.0. The lowest BCUT2D eigenvalue weighted by Crippen LogP contribution is -2.62. The van der Waals surface area contributed by atoms with Gasteiger partial charge in [-0.3, -0.25) is 0 Å². The fraction of sp³-hybridized carbons (Fsp3) is 0.464. The molecule has 3 aliphatic rings. The lowest BCUT2D eigenvalue weighted by molar-refractivity contribution is -0.282. The van der Waals surface area contributed by atoms with Gasteiger partial charge in [-0.1, -0.05) is 24.3 Å². The van der Waals surface area contributed by atoms with Gasteiger partial charge in [-0.25, -0.2) is 19.3 Å². The molecule has 15 heteroatoms. The summed E-state index contributed by atoms with van der Waals surface area (Å²) in [5.74, 6) is -4.48. The molecule has 5 rings (SSSR count). The number of piperidine rings is 1. The van der Waals surface area contributed by atoms with Crippen molar-refractivity contribution in [2.75, 3.05) is 33.3 Å². The minimum atomic E-state index is -4.66. The molecule has 0 N–H and O–H groups in total. The molecule has 0 bridgehead atoms. The zero-order valence-electron chi connectivity index (χ0n) is 22.7. The monoisotopic (exact) mass is 616 g/mol. The molecular formula is C28H26F6N2O7. The van der Waals surface area contributed by atoms with Gasteiger partial charge in [0.15, 0.2) is 0 Å². The Balaban J connectivity index is 1.25. The number of carbonyl (C=O) groups is 3. The summed E-state index contributed by atoms with van der Waals surface area (Å²) < 4.78 is 102. The molecule has 9 nitrogen and oxygen atoms in total. The van der Waals surface area contributed by atoms with Gasteiger partial charge < -0.3 is 23.8 Å². The number of nitrogens with zero attached hydrogens (tertiary/aromatic N) is 2. The van der Waals surface area contributed by atoms with E-state index in [0.29, 0.717) is 26.1 Å². The Morgan fingerprint density at radius 2 is 1.35 bits per heavy atom. The number of alkyl halides is 6. The number of carbonyl (C=O) groups excluding carboxylic acids is 3. The Kier molecular flexibility index (Phi) is 7.84. The molecule has 2 spiro atoms. The lowest BCUT2D eigenvalue weighted by atomic mass is 9.87. The summed E-state index contributed by atoms with van der Waals surface area (Å²) >= 11 is 0. The molecule has 3 saturated heterocycles. The molecule has 0 saturated carbocycles. The molecular weight excluding hydrogens is 590 g/mol. The van der Waals surface area contributed by atoms with Crippen LogP contribution in [0, 0.1) is 0 Å². The number of hydrogen-bond acceptors (Lipinski definition) is 8. The first-order chi connectivity index (χ1) is 20.2. The van der Waals surface area contributed by atoms with Crippen LogP contribution in [-0.2, 0) is 40.9 Å². The molecule has 3 heterocycles. The smallest absolute Gasteiger partial charge is 0.422 e. The highest BCUT2D eigenvalue weighted by atomic mass is 19.4. The predicted octanol–water partition coefficient (Wildman–Crippen LogP) is 4.89. The van der Waals surface area contributed by atoms with Crippen LogP contribution in [0.4, 0.5) is 31.1 Å². The Morgan fingerprint density at radius 3 is 1.84 bits per heavy atom. The quantitative estimate of drug-likeness (QED) is 0.188. The Morgan fingerprint density at radius 1 is 0.837 bits per heavy atom. The van der Waals surface area contributed by atoms with Gasteiger partial charge in [-0.2, -0.15) is 26.3 Å². The highest BCUT2D eigenvalue weighted by molar-refractivity contribution is 6.31. The fourth-order valence-electron chi connectivity index (χ4n) is 5.59. The van der Waals surface area contributed by atoms with Crippen molar-refractivity contribution in [1.29, 1.82) is 0 Å². The van der Waals surface area contributed by atoms with Gasteiger partial charge in [0.25, 0.3) is 0 Å². The average molecular weight is 617 g/mol. The first kappa shape index (κ1) is 30.6. The normalized spacial score (nSPS) is 20.2. The largest absolute Gasteiger partial charge is 0.432 e. The third-order valence-electron chi connectivity index (χ3n) is 7.80. The predicted molar refractivity (Wildman–Crippen MR) is 133 cm³/mol. The van der Waals surface area contributed by atoms with Crippen LogP contribution in [0.5, 0.6) is 0 Å². The molecule has 3 aliphatic heterocycles. The van der Waals surface area contributed by atoms with Crippen LogP contribution in [0.3, 0.4) is 0 Å². The maximum atomic E-state index is 13.4. The van der Waals surface area contributed by atoms with E-state index >= 15 is 0 Å². The number of fused-ring (bicyclic) bond motifs is 1. The topological polar surface area (TPSA) is 94.6 Å². The van der Waals surface area contributed by atoms with E-state index in [2.05, 4.69) is 0 Å². The van der Waals surface area contributed by atoms with Crippen molar-refractivity contribution in [3.8, 4) is 0 Å². The van der Waals surface area contributed by atoms with Crippen LogP contribution in [-0.4, -0.2) is 72.6 Å². The summed E-state index contributed by atoms with van der Waals surface area (Å²) in [6, 6.07) is 8.51. The van der Waals surface area contributed by atoms with Crippen molar-refractivity contribution in [2.45, 2.75) is 49.2 Å². The number of rotatable bonds is 7. The van der Waals surface area contributed by atoms with Crippen LogP contribution in [0.2, 0.25) is 0 Å². The summed E-state index contributed by atoms with van der Waals surface area (Å²) in [5, 5.41) is 0. The summed E-state index contributed by atoms with van der Waals surface area (Å²) in [6.07, 6.45) is -10.7. The first-order valence-electron chi connectivity index (χ1n) is 13.3. The summed E-state index contributed by atoms with van der Waals surface area (Å²) in [7, 11) is 1.29. The molecule has 0 unspecified atom stereocenters. The molecule has 1 amide bonds. The van der Waals surface area contributed by atoms with Gasteiger partial charge in [0.2, 0.25) is 5.60 Å². The van der Waals surface area contributed by atoms with E-state index in [1.54, 1.807) is 0 Å². The van der Waals surface area contributed by atoms with E-state index < -0.39 is 59.1 Å². The molecule has 0 atom stereocenters. The third kappa shape index (κ3) is 5.75. The SMILES string of the molecule is CN1C(=O)OC2(CCN(CCCOC(c3cccc(C(F)(F)F)c3)c3cccc(C(F)(F)F)c3)CC2)C12OC(=O)C(=O)O2. The van der Waals surface area contributed by atoms with Crippen molar-refractivity contribution in [3.63, 3.8) is 0 Å². The van der Waals surface area contributed by atoms with Gasteiger partial charge in [0, 0.05) is 46.1 Å². The number of halogens is 6. The maximum Gasteiger partial charge on any atom is 0.422 e. The van der Waals surface area contributed by atoms with E-state index in [-0.39, 0.29) is 30.6 Å². The van der Waals surface area contributed by atoms with E-state index in [4.69, 9.17) is 18.9 Å². The number of likely N-dealkylation sites (tertiary alicyclic amines) is 1. The lowest BCUT2D eigenvalue weighted by Gasteiger charge is -2.43. The number of likely N-dealkylation sites (N-methyl/N-ethyl adjacent to an activating group) is 1. The van der Waals surface area contributed by atoms with E-state index in [1.807, 2.05) is 4.90 Å². The summed E-state index contributed by atoms with van der Waals surface area (Å²) in [6.45, 7) is 1.09. The Hall–Kier alpha value is -3.85. The van der Waals surface area contributed by atoms with Crippen LogP contribution >= 0.6 is 0 Å². The van der Waals surface area contributed by atoms with Crippen molar-refractivity contribution in [2.24, 2.45) is 0 Å². The second-order valence-corrected chi connectivity index (χ2v) is 10.5. The zero-order chi connectivity index (χ0) is 31.2. The minimum absolute atomic E-state index is 0.00428. The van der Waals surface area contributed by atoms with Crippen molar-refractivity contribution in [3.05, 3.63) is 70.8 Å². The van der Waals surface area contributed by atoms with Gasteiger partial charge >= 0.3 is 36.3 Å². The van der Waals surface area contributed by atoms with E-state index in [0.717, 1.165) is 29.2 Å². The highest BCUT2D eigenvalue weighted by Crippen LogP contribution is 2.49. The minimum Gasteiger partial charge on any atom is -0.432 e. The summed E-state index contributed by atoms with van der Waals surface area (Å²) in [5.41, 5.74) is -3.23. The summed E-state index contributed by atoms with van der Waals surface area (Å²) in [4.78, 5) is 38.9. The van der Waals surface area contributed by atoms with Crippen LogP contribution < -0.4 is 0 Å². The van der Waals surface area contributed by atoms with Crippen LogP contribution in [0.25, 0.3) is 0 Å². The molecule has 0 aliphatic carbocycles. The first-order valence-corrected chi connectivity index (χ1v) is 13.3. The molecule has 0 radical (unpaired) electrons. The van der Waals surface area contributed by atoms with Gasteiger partial charge in [0.05, 0.1) is 11.1 Å². The Labute approximate surface area is 241 Å². The molecule has 3 fully saturated rings.